The van der Waals surface area contributed by atoms with Crippen molar-refractivity contribution in [2.24, 2.45) is 0 Å². The summed E-state index contributed by atoms with van der Waals surface area (Å²) in [5.74, 6) is 0.539. The first-order chi connectivity index (χ1) is 9.70. The van der Waals surface area contributed by atoms with E-state index in [1.165, 1.54) is 0 Å². The van der Waals surface area contributed by atoms with E-state index >= 15 is 0 Å². The van der Waals surface area contributed by atoms with Gasteiger partial charge in [0.25, 0.3) is 0 Å². The fourth-order valence-electron chi connectivity index (χ4n) is 1.85. The van der Waals surface area contributed by atoms with Gasteiger partial charge in [-0.3, -0.25) is 0 Å². The summed E-state index contributed by atoms with van der Waals surface area (Å²) in [6, 6.07) is 13.7. The molecule has 0 aliphatic carbocycles. The molecule has 0 aliphatic heterocycles. The molecule has 0 fully saturated rings. The summed E-state index contributed by atoms with van der Waals surface area (Å²) in [5.41, 5.74) is 2.13. The highest BCUT2D eigenvalue weighted by molar-refractivity contribution is 6.37. The summed E-state index contributed by atoms with van der Waals surface area (Å²) in [6.45, 7) is 4.16. The third-order valence-corrected chi connectivity index (χ3v) is 3.42. The minimum absolute atomic E-state index is 0.451. The van der Waals surface area contributed by atoms with E-state index in [-0.39, 0.29) is 0 Å². The maximum Gasteiger partial charge on any atom is 0.156 e. The number of hydrogen-bond donors (Lipinski definition) is 1. The molecule has 2 nitrogen and oxygen atoms in total. The SMILES string of the molecule is CCNCc1cc(Cl)c(OCc2ccccc2)c(Cl)c1. The zero-order chi connectivity index (χ0) is 14.4. The molecule has 2 aromatic carbocycles. The molecule has 0 saturated heterocycles. The highest BCUT2D eigenvalue weighted by Crippen LogP contribution is 2.34. The Labute approximate surface area is 129 Å². The largest absolute Gasteiger partial charge is 0.486 e. The molecular formula is C16H17Cl2NO. The molecule has 0 amide bonds. The average Bonchev–Trinajstić information content (AvgIpc) is 2.45. The van der Waals surface area contributed by atoms with E-state index in [0.717, 1.165) is 24.2 Å². The number of rotatable bonds is 6. The van der Waals surface area contributed by atoms with Gasteiger partial charge in [0, 0.05) is 6.54 Å². The zero-order valence-corrected chi connectivity index (χ0v) is 12.8. The first-order valence-electron chi connectivity index (χ1n) is 6.56. The van der Waals surface area contributed by atoms with Crippen LogP contribution in [0.3, 0.4) is 0 Å². The van der Waals surface area contributed by atoms with E-state index in [1.807, 2.05) is 42.5 Å². The minimum Gasteiger partial charge on any atom is -0.486 e. The van der Waals surface area contributed by atoms with Crippen molar-refractivity contribution in [2.75, 3.05) is 6.54 Å². The van der Waals surface area contributed by atoms with Crippen LogP contribution in [0.4, 0.5) is 0 Å². The predicted octanol–water partition coefficient (Wildman–Crippen LogP) is 4.68. The summed E-state index contributed by atoms with van der Waals surface area (Å²) >= 11 is 12.5. The number of ether oxygens (including phenoxy) is 1. The van der Waals surface area contributed by atoms with Gasteiger partial charge in [0.05, 0.1) is 10.0 Å². The van der Waals surface area contributed by atoms with Crippen LogP contribution in [0.15, 0.2) is 42.5 Å². The number of benzene rings is 2. The molecule has 106 valence electrons. The summed E-state index contributed by atoms with van der Waals surface area (Å²) in [4.78, 5) is 0. The Hall–Kier alpha value is -1.22. The molecule has 1 N–H and O–H groups in total. The standard InChI is InChI=1S/C16H17Cl2NO/c1-2-19-10-13-8-14(17)16(15(18)9-13)20-11-12-6-4-3-5-7-12/h3-9,19H,2,10-11H2,1H3. The third kappa shape index (κ3) is 4.14. The second-order valence-electron chi connectivity index (χ2n) is 4.44. The normalized spacial score (nSPS) is 10.6. The second kappa shape index (κ2) is 7.53. The first kappa shape index (κ1) is 15.2. The van der Waals surface area contributed by atoms with Crippen LogP contribution in [-0.2, 0) is 13.2 Å². The Kier molecular flexibility index (Phi) is 5.72. The van der Waals surface area contributed by atoms with E-state index in [0.29, 0.717) is 22.4 Å². The van der Waals surface area contributed by atoms with Crippen LogP contribution in [-0.4, -0.2) is 6.54 Å². The van der Waals surface area contributed by atoms with E-state index < -0.39 is 0 Å². The van der Waals surface area contributed by atoms with Crippen molar-refractivity contribution >= 4 is 23.2 Å². The van der Waals surface area contributed by atoms with Gasteiger partial charge in [-0.25, -0.2) is 0 Å². The first-order valence-corrected chi connectivity index (χ1v) is 7.31. The van der Waals surface area contributed by atoms with Gasteiger partial charge >= 0.3 is 0 Å². The number of hydrogen-bond acceptors (Lipinski definition) is 2. The third-order valence-electron chi connectivity index (χ3n) is 2.86. The Bertz CT molecular complexity index is 535. The quantitative estimate of drug-likeness (QED) is 0.836. The monoisotopic (exact) mass is 309 g/mol. The lowest BCUT2D eigenvalue weighted by molar-refractivity contribution is 0.306. The summed E-state index contributed by atoms with van der Waals surface area (Å²) in [5, 5.41) is 4.32. The minimum atomic E-state index is 0.451. The Morgan fingerprint density at radius 1 is 1.00 bits per heavy atom. The summed E-state index contributed by atoms with van der Waals surface area (Å²) in [7, 11) is 0. The van der Waals surface area contributed by atoms with Crippen molar-refractivity contribution in [3.63, 3.8) is 0 Å². The molecule has 0 aliphatic rings. The lowest BCUT2D eigenvalue weighted by atomic mass is 10.2. The van der Waals surface area contributed by atoms with Crippen LogP contribution in [0, 0.1) is 0 Å². The fourth-order valence-corrected chi connectivity index (χ4v) is 2.49. The van der Waals surface area contributed by atoms with E-state index in [2.05, 4.69) is 12.2 Å². The topological polar surface area (TPSA) is 21.3 Å². The lowest BCUT2D eigenvalue weighted by Crippen LogP contribution is -2.11. The van der Waals surface area contributed by atoms with Crippen molar-refractivity contribution in [3.05, 3.63) is 63.6 Å². The molecule has 0 aromatic heterocycles. The van der Waals surface area contributed by atoms with Crippen molar-refractivity contribution < 1.29 is 4.74 Å². The van der Waals surface area contributed by atoms with Crippen LogP contribution in [0.25, 0.3) is 0 Å². The number of nitrogens with one attached hydrogen (secondary N) is 1. The van der Waals surface area contributed by atoms with Crippen LogP contribution in [0.5, 0.6) is 5.75 Å². The van der Waals surface area contributed by atoms with Crippen molar-refractivity contribution in [3.8, 4) is 5.75 Å². The smallest absolute Gasteiger partial charge is 0.156 e. The highest BCUT2D eigenvalue weighted by Gasteiger charge is 2.10. The zero-order valence-electron chi connectivity index (χ0n) is 11.3. The van der Waals surface area contributed by atoms with Crippen LogP contribution in [0.2, 0.25) is 10.0 Å². The van der Waals surface area contributed by atoms with Crippen LogP contribution in [0.1, 0.15) is 18.1 Å². The molecule has 4 heteroatoms. The van der Waals surface area contributed by atoms with Crippen LogP contribution >= 0.6 is 23.2 Å². The molecule has 0 spiro atoms. The summed E-state index contributed by atoms with van der Waals surface area (Å²) in [6.07, 6.45) is 0. The average molecular weight is 310 g/mol. The van der Waals surface area contributed by atoms with E-state index in [9.17, 15) is 0 Å². The number of halogens is 2. The van der Waals surface area contributed by atoms with Gasteiger partial charge in [0.1, 0.15) is 6.61 Å². The van der Waals surface area contributed by atoms with Gasteiger partial charge in [-0.1, -0.05) is 60.5 Å². The van der Waals surface area contributed by atoms with E-state index in [1.54, 1.807) is 0 Å². The molecule has 0 radical (unpaired) electrons. The Morgan fingerprint density at radius 2 is 1.65 bits per heavy atom. The van der Waals surface area contributed by atoms with Crippen molar-refractivity contribution in [1.82, 2.24) is 5.32 Å². The molecule has 20 heavy (non-hydrogen) atoms. The maximum atomic E-state index is 6.24. The Balaban J connectivity index is 2.08. The van der Waals surface area contributed by atoms with Crippen molar-refractivity contribution in [1.29, 1.82) is 0 Å². The van der Waals surface area contributed by atoms with Gasteiger partial charge in [-0.05, 0) is 29.8 Å². The molecule has 2 rings (SSSR count). The van der Waals surface area contributed by atoms with Gasteiger partial charge in [-0.15, -0.1) is 0 Å². The van der Waals surface area contributed by atoms with Crippen molar-refractivity contribution in [2.45, 2.75) is 20.1 Å². The van der Waals surface area contributed by atoms with Gasteiger partial charge in [0.15, 0.2) is 5.75 Å². The van der Waals surface area contributed by atoms with Gasteiger partial charge < -0.3 is 10.1 Å². The molecular weight excluding hydrogens is 293 g/mol. The summed E-state index contributed by atoms with van der Waals surface area (Å²) < 4.78 is 5.73. The van der Waals surface area contributed by atoms with Crippen LogP contribution < -0.4 is 10.1 Å². The van der Waals surface area contributed by atoms with Gasteiger partial charge in [-0.2, -0.15) is 0 Å². The fraction of sp³-hybridized carbons (Fsp3) is 0.250. The molecule has 0 heterocycles. The molecule has 0 saturated carbocycles. The predicted molar refractivity (Wildman–Crippen MR) is 84.6 cm³/mol. The second-order valence-corrected chi connectivity index (χ2v) is 5.26. The molecule has 2 aromatic rings. The molecule has 0 unspecified atom stereocenters. The Morgan fingerprint density at radius 3 is 2.25 bits per heavy atom. The van der Waals surface area contributed by atoms with E-state index in [4.69, 9.17) is 27.9 Å². The maximum absolute atomic E-state index is 6.24. The molecule has 0 atom stereocenters. The highest BCUT2D eigenvalue weighted by atomic mass is 35.5. The van der Waals surface area contributed by atoms with Gasteiger partial charge in [0.2, 0.25) is 0 Å². The lowest BCUT2D eigenvalue weighted by Gasteiger charge is -2.12. The molecule has 0 bridgehead atoms.